The van der Waals surface area contributed by atoms with E-state index in [9.17, 15) is 0 Å². The van der Waals surface area contributed by atoms with Gasteiger partial charge in [-0.3, -0.25) is 0 Å². The third kappa shape index (κ3) is 13.7. The second-order valence-electron chi connectivity index (χ2n) is 8.31. The van der Waals surface area contributed by atoms with Gasteiger partial charge in [0.2, 0.25) is 0 Å². The van der Waals surface area contributed by atoms with Gasteiger partial charge in [-0.25, -0.2) is 0 Å². The lowest BCUT2D eigenvalue weighted by Crippen LogP contribution is -2.30. The molecule has 0 bridgehead atoms. The summed E-state index contributed by atoms with van der Waals surface area (Å²) < 4.78 is 0. The normalized spacial score (nSPS) is 16.0. The Kier molecular flexibility index (Phi) is 15.9. The molecule has 2 heteroatoms. The summed E-state index contributed by atoms with van der Waals surface area (Å²) in [6.07, 6.45) is 22.5. The standard InChI is InChI=1S/C23H48N2/c1-3-5-11-17-23(18-12-6-4-2)24-19-13-8-7-9-14-20-25-21-15-10-16-22-25/h23-24H,3-22H2,1-2H3. The van der Waals surface area contributed by atoms with E-state index in [-0.39, 0.29) is 0 Å². The van der Waals surface area contributed by atoms with Gasteiger partial charge in [-0.05, 0) is 64.7 Å². The summed E-state index contributed by atoms with van der Waals surface area (Å²) in [5, 5.41) is 3.87. The highest BCUT2D eigenvalue weighted by atomic mass is 15.1. The second kappa shape index (κ2) is 17.3. The molecule has 0 aliphatic carbocycles. The van der Waals surface area contributed by atoms with Gasteiger partial charge in [-0.2, -0.15) is 0 Å². The first-order chi connectivity index (χ1) is 12.4. The number of nitrogens with one attached hydrogen (secondary N) is 1. The van der Waals surface area contributed by atoms with Crippen molar-refractivity contribution in [1.29, 1.82) is 0 Å². The van der Waals surface area contributed by atoms with Gasteiger partial charge < -0.3 is 10.2 Å². The van der Waals surface area contributed by atoms with Crippen LogP contribution in [0.15, 0.2) is 0 Å². The number of piperidine rings is 1. The quantitative estimate of drug-likeness (QED) is 0.299. The maximum atomic E-state index is 3.87. The molecule has 0 unspecified atom stereocenters. The molecule has 0 aromatic carbocycles. The average molecular weight is 353 g/mol. The molecular weight excluding hydrogens is 304 g/mol. The fourth-order valence-electron chi connectivity index (χ4n) is 4.11. The highest BCUT2D eigenvalue weighted by Crippen LogP contribution is 2.13. The molecule has 0 aromatic heterocycles. The van der Waals surface area contributed by atoms with Crippen molar-refractivity contribution in [2.75, 3.05) is 26.2 Å². The van der Waals surface area contributed by atoms with Crippen LogP contribution in [-0.2, 0) is 0 Å². The Morgan fingerprint density at radius 1 is 0.680 bits per heavy atom. The molecule has 0 aromatic rings. The van der Waals surface area contributed by atoms with Gasteiger partial charge in [0, 0.05) is 6.04 Å². The van der Waals surface area contributed by atoms with E-state index >= 15 is 0 Å². The van der Waals surface area contributed by atoms with Gasteiger partial charge >= 0.3 is 0 Å². The van der Waals surface area contributed by atoms with E-state index in [1.807, 2.05) is 0 Å². The van der Waals surface area contributed by atoms with E-state index in [0.717, 1.165) is 6.04 Å². The smallest absolute Gasteiger partial charge is 0.00670 e. The van der Waals surface area contributed by atoms with Gasteiger partial charge in [0.15, 0.2) is 0 Å². The lowest BCUT2D eigenvalue weighted by molar-refractivity contribution is 0.224. The number of nitrogens with zero attached hydrogens (tertiary/aromatic N) is 1. The van der Waals surface area contributed by atoms with Crippen molar-refractivity contribution < 1.29 is 0 Å². The average Bonchev–Trinajstić information content (AvgIpc) is 2.64. The Morgan fingerprint density at radius 3 is 1.92 bits per heavy atom. The van der Waals surface area contributed by atoms with Gasteiger partial charge in [-0.15, -0.1) is 0 Å². The number of unbranched alkanes of at least 4 members (excludes halogenated alkanes) is 8. The van der Waals surface area contributed by atoms with Crippen LogP contribution >= 0.6 is 0 Å². The molecule has 1 rings (SSSR count). The molecule has 0 spiro atoms. The van der Waals surface area contributed by atoms with Gasteiger partial charge in [-0.1, -0.05) is 78.1 Å². The van der Waals surface area contributed by atoms with Crippen LogP contribution in [0.2, 0.25) is 0 Å². The van der Waals surface area contributed by atoms with Gasteiger partial charge in [0.1, 0.15) is 0 Å². The molecule has 0 atom stereocenters. The fourth-order valence-corrected chi connectivity index (χ4v) is 4.11. The zero-order valence-corrected chi connectivity index (χ0v) is 17.7. The van der Waals surface area contributed by atoms with E-state index in [0.29, 0.717) is 0 Å². The molecule has 1 heterocycles. The fraction of sp³-hybridized carbons (Fsp3) is 1.00. The van der Waals surface area contributed by atoms with Gasteiger partial charge in [0.25, 0.3) is 0 Å². The maximum Gasteiger partial charge on any atom is 0.00670 e. The minimum Gasteiger partial charge on any atom is -0.314 e. The lowest BCUT2D eigenvalue weighted by atomic mass is 10.0. The van der Waals surface area contributed by atoms with Crippen LogP contribution in [0.25, 0.3) is 0 Å². The Balaban J connectivity index is 1.94. The first-order valence-corrected chi connectivity index (χ1v) is 11.8. The number of rotatable bonds is 17. The van der Waals surface area contributed by atoms with Crippen molar-refractivity contribution >= 4 is 0 Å². The molecule has 0 amide bonds. The molecule has 25 heavy (non-hydrogen) atoms. The minimum absolute atomic E-state index is 0.789. The Bertz CT molecular complexity index is 251. The number of likely N-dealkylation sites (tertiary alicyclic amines) is 1. The summed E-state index contributed by atoms with van der Waals surface area (Å²) in [7, 11) is 0. The van der Waals surface area contributed by atoms with Crippen LogP contribution in [0.3, 0.4) is 0 Å². The van der Waals surface area contributed by atoms with Crippen molar-refractivity contribution in [3.63, 3.8) is 0 Å². The number of hydrogen-bond donors (Lipinski definition) is 1. The van der Waals surface area contributed by atoms with E-state index in [4.69, 9.17) is 0 Å². The summed E-state index contributed by atoms with van der Waals surface area (Å²) in [5.74, 6) is 0. The predicted octanol–water partition coefficient (Wildman–Crippen LogP) is 6.54. The van der Waals surface area contributed by atoms with Crippen LogP contribution in [-0.4, -0.2) is 37.1 Å². The summed E-state index contributed by atoms with van der Waals surface area (Å²) in [5.41, 5.74) is 0. The topological polar surface area (TPSA) is 15.3 Å². The van der Waals surface area contributed by atoms with Gasteiger partial charge in [0.05, 0.1) is 0 Å². The van der Waals surface area contributed by atoms with E-state index in [2.05, 4.69) is 24.1 Å². The zero-order chi connectivity index (χ0) is 18.0. The summed E-state index contributed by atoms with van der Waals surface area (Å²) in [6.45, 7) is 9.95. The van der Waals surface area contributed by atoms with Crippen molar-refractivity contribution in [2.24, 2.45) is 0 Å². The number of hydrogen-bond acceptors (Lipinski definition) is 2. The molecule has 1 fully saturated rings. The third-order valence-corrected chi connectivity index (χ3v) is 5.85. The molecule has 1 N–H and O–H groups in total. The lowest BCUT2D eigenvalue weighted by Gasteiger charge is -2.26. The first kappa shape index (κ1) is 23.0. The first-order valence-electron chi connectivity index (χ1n) is 11.8. The Hall–Kier alpha value is -0.0800. The van der Waals surface area contributed by atoms with Crippen LogP contribution in [0, 0.1) is 0 Å². The van der Waals surface area contributed by atoms with Crippen LogP contribution in [0.1, 0.15) is 117 Å². The molecule has 1 aliphatic heterocycles. The third-order valence-electron chi connectivity index (χ3n) is 5.85. The van der Waals surface area contributed by atoms with Crippen LogP contribution in [0.4, 0.5) is 0 Å². The van der Waals surface area contributed by atoms with Crippen LogP contribution < -0.4 is 5.32 Å². The minimum atomic E-state index is 0.789. The predicted molar refractivity (Wildman–Crippen MR) is 113 cm³/mol. The molecule has 0 saturated carbocycles. The molecule has 1 aliphatic rings. The summed E-state index contributed by atoms with van der Waals surface area (Å²) in [6, 6.07) is 0.789. The molecule has 0 radical (unpaired) electrons. The van der Waals surface area contributed by atoms with E-state index < -0.39 is 0 Å². The molecule has 150 valence electrons. The molecule has 1 saturated heterocycles. The summed E-state index contributed by atoms with van der Waals surface area (Å²) in [4.78, 5) is 2.68. The van der Waals surface area contributed by atoms with Crippen molar-refractivity contribution in [2.45, 2.75) is 123 Å². The SMILES string of the molecule is CCCCCC(CCCCC)NCCCCCCCN1CCCCC1. The summed E-state index contributed by atoms with van der Waals surface area (Å²) >= 11 is 0. The highest BCUT2D eigenvalue weighted by molar-refractivity contribution is 4.68. The van der Waals surface area contributed by atoms with Crippen molar-refractivity contribution in [3.8, 4) is 0 Å². The monoisotopic (exact) mass is 352 g/mol. The largest absolute Gasteiger partial charge is 0.314 e. The second-order valence-corrected chi connectivity index (χ2v) is 8.31. The highest BCUT2D eigenvalue weighted by Gasteiger charge is 2.09. The Morgan fingerprint density at radius 2 is 1.28 bits per heavy atom. The zero-order valence-electron chi connectivity index (χ0n) is 17.7. The van der Waals surface area contributed by atoms with Crippen molar-refractivity contribution in [3.05, 3.63) is 0 Å². The Labute approximate surface area is 159 Å². The van der Waals surface area contributed by atoms with E-state index in [1.54, 1.807) is 0 Å². The van der Waals surface area contributed by atoms with Crippen molar-refractivity contribution in [1.82, 2.24) is 10.2 Å². The van der Waals surface area contributed by atoms with E-state index in [1.165, 1.54) is 129 Å². The molecular formula is C23H48N2. The maximum absolute atomic E-state index is 3.87. The van der Waals surface area contributed by atoms with Crippen LogP contribution in [0.5, 0.6) is 0 Å². The molecule has 2 nitrogen and oxygen atoms in total.